The molecule has 0 saturated carbocycles. The van der Waals surface area contributed by atoms with E-state index in [1.54, 1.807) is 17.6 Å². The first-order chi connectivity index (χ1) is 8.25. The lowest BCUT2D eigenvalue weighted by Crippen LogP contribution is -2.35. The molecule has 2 rings (SSSR count). The predicted octanol–water partition coefficient (Wildman–Crippen LogP) is 0.587. The van der Waals surface area contributed by atoms with E-state index in [-0.39, 0.29) is 0 Å². The van der Waals surface area contributed by atoms with E-state index < -0.39 is 6.03 Å². The number of carbonyl (C=O) groups is 1. The quantitative estimate of drug-likeness (QED) is 0.612. The van der Waals surface area contributed by atoms with Gasteiger partial charge in [-0.25, -0.2) is 10.2 Å². The van der Waals surface area contributed by atoms with Gasteiger partial charge in [-0.15, -0.1) is 11.3 Å². The van der Waals surface area contributed by atoms with Gasteiger partial charge < -0.3 is 15.4 Å². The lowest BCUT2D eigenvalue weighted by Gasteiger charge is -2.27. The lowest BCUT2D eigenvalue weighted by atomic mass is 10.4. The molecule has 2 amide bonds. The molecule has 0 atom stereocenters. The summed E-state index contributed by atoms with van der Waals surface area (Å²) >= 11 is 1.62. The van der Waals surface area contributed by atoms with Crippen molar-refractivity contribution in [1.82, 2.24) is 5.43 Å². The number of nitrogens with zero attached hydrogens (tertiary/aromatic N) is 2. The topological polar surface area (TPSA) is 80.0 Å². The normalized spacial score (nSPS) is 16.4. The van der Waals surface area contributed by atoms with Crippen molar-refractivity contribution < 1.29 is 9.53 Å². The van der Waals surface area contributed by atoms with Crippen molar-refractivity contribution in [3.8, 4) is 0 Å². The van der Waals surface area contributed by atoms with Gasteiger partial charge in [-0.3, -0.25) is 0 Å². The third kappa shape index (κ3) is 3.43. The van der Waals surface area contributed by atoms with Gasteiger partial charge in [0, 0.05) is 18.0 Å². The maximum Gasteiger partial charge on any atom is 0.332 e. The molecule has 2 heterocycles. The van der Waals surface area contributed by atoms with Crippen molar-refractivity contribution in [2.75, 3.05) is 31.2 Å². The summed E-state index contributed by atoms with van der Waals surface area (Å²) in [6.07, 6.45) is 1.58. The average molecular weight is 254 g/mol. The molecule has 0 radical (unpaired) electrons. The van der Waals surface area contributed by atoms with Crippen LogP contribution in [0.2, 0.25) is 0 Å². The molecule has 1 aliphatic heterocycles. The summed E-state index contributed by atoms with van der Waals surface area (Å²) in [5.74, 6) is 0. The van der Waals surface area contributed by atoms with Crippen molar-refractivity contribution in [1.29, 1.82) is 0 Å². The second-order valence-corrected chi connectivity index (χ2v) is 4.60. The summed E-state index contributed by atoms with van der Waals surface area (Å²) in [7, 11) is 0. The zero-order valence-corrected chi connectivity index (χ0v) is 10.1. The molecule has 0 aliphatic carbocycles. The third-order valence-electron chi connectivity index (χ3n) is 2.30. The average Bonchev–Trinajstić information content (AvgIpc) is 2.78. The SMILES string of the molecule is NC(=O)NN=Cc1ccc(N2CCOCC2)s1. The van der Waals surface area contributed by atoms with Crippen LogP contribution in [0.1, 0.15) is 4.88 Å². The maximum absolute atomic E-state index is 10.4. The number of amides is 2. The first-order valence-electron chi connectivity index (χ1n) is 5.27. The minimum Gasteiger partial charge on any atom is -0.378 e. The van der Waals surface area contributed by atoms with E-state index in [1.807, 2.05) is 12.1 Å². The zero-order valence-electron chi connectivity index (χ0n) is 9.26. The zero-order chi connectivity index (χ0) is 12.1. The fourth-order valence-electron chi connectivity index (χ4n) is 1.52. The molecule has 1 saturated heterocycles. The molecule has 92 valence electrons. The Labute approximate surface area is 103 Å². The Hall–Kier alpha value is -1.60. The maximum atomic E-state index is 10.4. The molecule has 0 spiro atoms. The van der Waals surface area contributed by atoms with Crippen LogP contribution in [-0.2, 0) is 4.74 Å². The number of carbonyl (C=O) groups excluding carboxylic acids is 1. The molecule has 7 heteroatoms. The van der Waals surface area contributed by atoms with Gasteiger partial charge in [0.1, 0.15) is 0 Å². The second kappa shape index (κ2) is 5.65. The van der Waals surface area contributed by atoms with Crippen LogP contribution in [0.3, 0.4) is 0 Å². The van der Waals surface area contributed by atoms with Gasteiger partial charge in [0.25, 0.3) is 0 Å². The highest BCUT2D eigenvalue weighted by molar-refractivity contribution is 7.17. The molecule has 1 fully saturated rings. The number of primary amides is 1. The van der Waals surface area contributed by atoms with E-state index in [9.17, 15) is 4.79 Å². The Bertz CT molecular complexity index is 412. The van der Waals surface area contributed by atoms with Crippen LogP contribution in [0.25, 0.3) is 0 Å². The first kappa shape index (κ1) is 11.9. The number of thiophene rings is 1. The second-order valence-electron chi connectivity index (χ2n) is 3.51. The summed E-state index contributed by atoms with van der Waals surface area (Å²) in [6, 6.07) is 3.34. The van der Waals surface area contributed by atoms with E-state index in [2.05, 4.69) is 15.4 Å². The molecule has 3 N–H and O–H groups in total. The molecule has 6 nitrogen and oxygen atoms in total. The van der Waals surface area contributed by atoms with Crippen molar-refractivity contribution in [2.24, 2.45) is 10.8 Å². The van der Waals surface area contributed by atoms with Crippen molar-refractivity contribution in [3.05, 3.63) is 17.0 Å². The number of ether oxygens (including phenoxy) is 1. The first-order valence-corrected chi connectivity index (χ1v) is 6.08. The van der Waals surface area contributed by atoms with Gasteiger partial charge in [-0.1, -0.05) is 0 Å². The predicted molar refractivity (Wildman–Crippen MR) is 67.7 cm³/mol. The van der Waals surface area contributed by atoms with E-state index in [1.165, 1.54) is 5.00 Å². The van der Waals surface area contributed by atoms with Gasteiger partial charge in [0.15, 0.2) is 0 Å². The van der Waals surface area contributed by atoms with Crippen LogP contribution in [0, 0.1) is 0 Å². The Morgan fingerprint density at radius 2 is 2.29 bits per heavy atom. The summed E-state index contributed by atoms with van der Waals surface area (Å²) < 4.78 is 5.29. The minimum absolute atomic E-state index is 0.661. The van der Waals surface area contributed by atoms with Crippen LogP contribution < -0.4 is 16.1 Å². The van der Waals surface area contributed by atoms with Gasteiger partial charge in [-0.05, 0) is 12.1 Å². The molecular formula is C10H14N4O2S. The number of hydrazone groups is 1. The van der Waals surface area contributed by atoms with E-state index in [0.717, 1.165) is 31.2 Å². The standard InChI is InChI=1S/C10H14N4O2S/c11-10(15)13-12-7-8-1-2-9(17-8)14-3-5-16-6-4-14/h1-2,7H,3-6H2,(H3,11,13,15). The third-order valence-corrected chi connectivity index (χ3v) is 3.38. The van der Waals surface area contributed by atoms with E-state index in [0.29, 0.717) is 0 Å². The molecule has 1 aromatic rings. The van der Waals surface area contributed by atoms with Crippen LogP contribution >= 0.6 is 11.3 Å². The van der Waals surface area contributed by atoms with Crippen molar-refractivity contribution in [3.63, 3.8) is 0 Å². The number of hydrogen-bond donors (Lipinski definition) is 2. The fraction of sp³-hybridized carbons (Fsp3) is 0.400. The number of rotatable bonds is 3. The van der Waals surface area contributed by atoms with Gasteiger partial charge in [0.05, 0.1) is 24.4 Å². The van der Waals surface area contributed by atoms with Crippen LogP contribution in [0.4, 0.5) is 9.80 Å². The van der Waals surface area contributed by atoms with Crippen LogP contribution in [-0.4, -0.2) is 38.5 Å². The molecule has 17 heavy (non-hydrogen) atoms. The molecule has 1 aromatic heterocycles. The number of morpholine rings is 1. The summed E-state index contributed by atoms with van der Waals surface area (Å²) in [5.41, 5.74) is 7.06. The van der Waals surface area contributed by atoms with Gasteiger partial charge in [-0.2, -0.15) is 5.10 Å². The summed E-state index contributed by atoms with van der Waals surface area (Å²) in [6.45, 7) is 3.36. The van der Waals surface area contributed by atoms with E-state index in [4.69, 9.17) is 10.5 Å². The summed E-state index contributed by atoms with van der Waals surface area (Å²) in [4.78, 5) is 13.7. The molecule has 0 unspecified atom stereocenters. The Morgan fingerprint density at radius 3 is 3.00 bits per heavy atom. The van der Waals surface area contributed by atoms with E-state index >= 15 is 0 Å². The highest BCUT2D eigenvalue weighted by Gasteiger charge is 2.12. The lowest BCUT2D eigenvalue weighted by molar-refractivity contribution is 0.123. The molecule has 1 aliphatic rings. The van der Waals surface area contributed by atoms with Gasteiger partial charge in [0.2, 0.25) is 0 Å². The number of nitrogens with one attached hydrogen (secondary N) is 1. The van der Waals surface area contributed by atoms with Crippen molar-refractivity contribution in [2.45, 2.75) is 0 Å². The minimum atomic E-state index is -0.661. The van der Waals surface area contributed by atoms with Crippen molar-refractivity contribution >= 4 is 28.6 Å². The smallest absolute Gasteiger partial charge is 0.332 e. The fourth-order valence-corrected chi connectivity index (χ4v) is 2.46. The number of anilines is 1. The molecular weight excluding hydrogens is 240 g/mol. The molecule has 0 bridgehead atoms. The van der Waals surface area contributed by atoms with Gasteiger partial charge >= 0.3 is 6.03 Å². The Morgan fingerprint density at radius 1 is 1.53 bits per heavy atom. The largest absolute Gasteiger partial charge is 0.378 e. The monoisotopic (exact) mass is 254 g/mol. The van der Waals surface area contributed by atoms with Crippen LogP contribution in [0.5, 0.6) is 0 Å². The number of nitrogens with two attached hydrogens (primary N) is 1. The highest BCUT2D eigenvalue weighted by atomic mass is 32.1. The Balaban J connectivity index is 1.95. The van der Waals surface area contributed by atoms with Crippen LogP contribution in [0.15, 0.2) is 17.2 Å². The summed E-state index contributed by atoms with van der Waals surface area (Å²) in [5, 5.41) is 4.91. The number of urea groups is 1. The molecule has 0 aromatic carbocycles. The Kier molecular flexibility index (Phi) is 3.94. The number of hydrogen-bond acceptors (Lipinski definition) is 5. The highest BCUT2D eigenvalue weighted by Crippen LogP contribution is 2.25.